The summed E-state index contributed by atoms with van der Waals surface area (Å²) in [5.41, 5.74) is 1.13. The average Bonchev–Trinajstić information content (AvgIpc) is 2.21. The molecular weight excluding hydrogens is 205 g/mol. The number of benzene rings is 1. The van der Waals surface area contributed by atoms with Gasteiger partial charge in [-0.2, -0.15) is 0 Å². The summed E-state index contributed by atoms with van der Waals surface area (Å²) in [6.07, 6.45) is 2.21. The minimum Gasteiger partial charge on any atom is -0.383 e. The van der Waals surface area contributed by atoms with Crippen LogP contribution in [0.15, 0.2) is 24.3 Å². The van der Waals surface area contributed by atoms with Gasteiger partial charge >= 0.3 is 0 Å². The van der Waals surface area contributed by atoms with Crippen molar-refractivity contribution in [1.82, 2.24) is 5.32 Å². The Morgan fingerprint density at radius 2 is 2.25 bits per heavy atom. The highest BCUT2D eigenvalue weighted by molar-refractivity contribution is 5.23. The van der Waals surface area contributed by atoms with Crippen LogP contribution < -0.4 is 5.32 Å². The number of hydrogen-bond donors (Lipinski definition) is 1. The van der Waals surface area contributed by atoms with Crippen LogP contribution in [-0.2, 0) is 4.74 Å². The van der Waals surface area contributed by atoms with Crippen molar-refractivity contribution >= 4 is 0 Å². The van der Waals surface area contributed by atoms with E-state index in [2.05, 4.69) is 5.32 Å². The molecule has 16 heavy (non-hydrogen) atoms. The third-order valence-corrected chi connectivity index (χ3v) is 3.20. The number of nitrogens with one attached hydrogen (secondary N) is 1. The highest BCUT2D eigenvalue weighted by Crippen LogP contribution is 2.36. The van der Waals surface area contributed by atoms with Crippen molar-refractivity contribution in [1.29, 1.82) is 0 Å². The largest absolute Gasteiger partial charge is 0.383 e. The first kappa shape index (κ1) is 11.6. The molecule has 0 aliphatic heterocycles. The molecule has 2 rings (SSSR count). The average molecular weight is 223 g/mol. The minimum absolute atomic E-state index is 0.131. The molecule has 0 bridgehead atoms. The van der Waals surface area contributed by atoms with Gasteiger partial charge in [-0.15, -0.1) is 0 Å². The monoisotopic (exact) mass is 223 g/mol. The smallest absolute Gasteiger partial charge is 0.123 e. The first-order valence-electron chi connectivity index (χ1n) is 5.77. The predicted octanol–water partition coefficient (Wildman–Crippen LogP) is 2.31. The topological polar surface area (TPSA) is 21.3 Å². The molecule has 0 amide bonds. The van der Waals surface area contributed by atoms with Crippen molar-refractivity contribution in [2.24, 2.45) is 0 Å². The van der Waals surface area contributed by atoms with E-state index in [1.54, 1.807) is 19.2 Å². The van der Waals surface area contributed by atoms with Crippen LogP contribution in [0.4, 0.5) is 4.39 Å². The van der Waals surface area contributed by atoms with Crippen LogP contribution in [0.25, 0.3) is 0 Å². The molecule has 2 nitrogen and oxygen atoms in total. The summed E-state index contributed by atoms with van der Waals surface area (Å²) in [6, 6.07) is 7.52. The number of methoxy groups -OCH3 is 1. The van der Waals surface area contributed by atoms with E-state index in [0.29, 0.717) is 12.0 Å². The second-order valence-corrected chi connectivity index (χ2v) is 4.37. The molecule has 1 aliphatic carbocycles. The van der Waals surface area contributed by atoms with Crippen molar-refractivity contribution in [3.8, 4) is 0 Å². The maximum atomic E-state index is 13.0. The summed E-state index contributed by atoms with van der Waals surface area (Å²) in [6.45, 7) is 1.65. The zero-order valence-corrected chi connectivity index (χ0v) is 9.58. The van der Waals surface area contributed by atoms with Crippen molar-refractivity contribution in [2.45, 2.75) is 24.8 Å². The zero-order valence-electron chi connectivity index (χ0n) is 9.58. The van der Waals surface area contributed by atoms with E-state index in [9.17, 15) is 4.39 Å². The van der Waals surface area contributed by atoms with Gasteiger partial charge in [0.25, 0.3) is 0 Å². The standard InChI is InChI=1S/C13H18FNO/c1-16-6-5-15-13-8-11(9-13)10-3-2-4-12(14)7-10/h2-4,7,11,13,15H,5-6,8-9H2,1H3. The minimum atomic E-state index is -0.131. The Kier molecular flexibility index (Phi) is 3.91. The van der Waals surface area contributed by atoms with Gasteiger partial charge in [0, 0.05) is 19.7 Å². The lowest BCUT2D eigenvalue weighted by Gasteiger charge is -2.36. The predicted molar refractivity (Wildman–Crippen MR) is 62.0 cm³/mol. The number of hydrogen-bond acceptors (Lipinski definition) is 2. The number of ether oxygens (including phenoxy) is 1. The molecule has 0 unspecified atom stereocenters. The molecular formula is C13H18FNO. The lowest BCUT2D eigenvalue weighted by molar-refractivity contribution is 0.184. The van der Waals surface area contributed by atoms with Gasteiger partial charge in [-0.1, -0.05) is 12.1 Å². The van der Waals surface area contributed by atoms with Gasteiger partial charge < -0.3 is 10.1 Å². The first-order valence-corrected chi connectivity index (χ1v) is 5.77. The molecule has 3 heteroatoms. The summed E-state index contributed by atoms with van der Waals surface area (Å²) in [7, 11) is 1.71. The van der Waals surface area contributed by atoms with Crippen LogP contribution in [0.2, 0.25) is 0 Å². The van der Waals surface area contributed by atoms with E-state index < -0.39 is 0 Å². The molecule has 1 saturated carbocycles. The Balaban J connectivity index is 1.75. The first-order chi connectivity index (χ1) is 7.79. The summed E-state index contributed by atoms with van der Waals surface area (Å²) in [4.78, 5) is 0. The third-order valence-electron chi connectivity index (χ3n) is 3.20. The Labute approximate surface area is 95.8 Å². The lowest BCUT2D eigenvalue weighted by Crippen LogP contribution is -2.41. The van der Waals surface area contributed by atoms with Gasteiger partial charge in [0.15, 0.2) is 0 Å². The van der Waals surface area contributed by atoms with Gasteiger partial charge in [0.1, 0.15) is 5.82 Å². The van der Waals surface area contributed by atoms with E-state index in [-0.39, 0.29) is 5.82 Å². The molecule has 1 aliphatic rings. The lowest BCUT2D eigenvalue weighted by atomic mass is 9.76. The van der Waals surface area contributed by atoms with Gasteiger partial charge in [0.2, 0.25) is 0 Å². The summed E-state index contributed by atoms with van der Waals surface area (Å²) < 4.78 is 18.0. The summed E-state index contributed by atoms with van der Waals surface area (Å²) in [5.74, 6) is 0.393. The van der Waals surface area contributed by atoms with Gasteiger partial charge in [-0.3, -0.25) is 0 Å². The van der Waals surface area contributed by atoms with Crippen LogP contribution in [0.3, 0.4) is 0 Å². The van der Waals surface area contributed by atoms with Gasteiger partial charge in [-0.25, -0.2) is 4.39 Å². The Bertz CT molecular complexity index is 336. The molecule has 0 atom stereocenters. The maximum Gasteiger partial charge on any atom is 0.123 e. The number of halogens is 1. The second kappa shape index (κ2) is 5.41. The van der Waals surface area contributed by atoms with Crippen LogP contribution in [0.5, 0.6) is 0 Å². The normalized spacial score (nSPS) is 24.1. The van der Waals surface area contributed by atoms with Crippen LogP contribution in [0, 0.1) is 5.82 Å². The Morgan fingerprint density at radius 3 is 2.94 bits per heavy atom. The van der Waals surface area contributed by atoms with E-state index in [0.717, 1.165) is 31.6 Å². The van der Waals surface area contributed by atoms with Gasteiger partial charge in [0.05, 0.1) is 6.61 Å². The van der Waals surface area contributed by atoms with Crippen molar-refractivity contribution in [3.05, 3.63) is 35.6 Å². The highest BCUT2D eigenvalue weighted by atomic mass is 19.1. The van der Waals surface area contributed by atoms with Gasteiger partial charge in [-0.05, 0) is 36.5 Å². The fourth-order valence-corrected chi connectivity index (χ4v) is 2.18. The maximum absolute atomic E-state index is 13.0. The molecule has 1 N–H and O–H groups in total. The van der Waals surface area contributed by atoms with Crippen LogP contribution >= 0.6 is 0 Å². The van der Waals surface area contributed by atoms with E-state index in [1.807, 2.05) is 6.07 Å². The fraction of sp³-hybridized carbons (Fsp3) is 0.538. The Morgan fingerprint density at radius 1 is 1.44 bits per heavy atom. The third kappa shape index (κ3) is 2.80. The second-order valence-electron chi connectivity index (χ2n) is 4.37. The molecule has 0 radical (unpaired) electrons. The molecule has 1 aromatic carbocycles. The molecule has 0 heterocycles. The molecule has 0 saturated heterocycles. The van der Waals surface area contributed by atoms with Crippen LogP contribution in [-0.4, -0.2) is 26.3 Å². The van der Waals surface area contributed by atoms with Crippen LogP contribution in [0.1, 0.15) is 24.3 Å². The van der Waals surface area contributed by atoms with Crippen molar-refractivity contribution in [3.63, 3.8) is 0 Å². The summed E-state index contributed by atoms with van der Waals surface area (Å²) >= 11 is 0. The molecule has 1 aromatic rings. The molecule has 1 fully saturated rings. The quantitative estimate of drug-likeness (QED) is 0.773. The highest BCUT2D eigenvalue weighted by Gasteiger charge is 2.29. The summed E-state index contributed by atoms with van der Waals surface area (Å²) in [5, 5.41) is 3.42. The molecule has 88 valence electrons. The molecule has 0 spiro atoms. The fourth-order valence-electron chi connectivity index (χ4n) is 2.18. The SMILES string of the molecule is COCCNC1CC(c2cccc(F)c2)C1. The van der Waals surface area contributed by atoms with Crippen molar-refractivity contribution < 1.29 is 9.13 Å². The van der Waals surface area contributed by atoms with E-state index in [1.165, 1.54) is 6.07 Å². The van der Waals surface area contributed by atoms with E-state index >= 15 is 0 Å². The van der Waals surface area contributed by atoms with Crippen molar-refractivity contribution in [2.75, 3.05) is 20.3 Å². The zero-order chi connectivity index (χ0) is 11.4. The molecule has 0 aromatic heterocycles. The van der Waals surface area contributed by atoms with E-state index in [4.69, 9.17) is 4.74 Å². The number of rotatable bonds is 5. The Hall–Kier alpha value is -0.930.